The fraction of sp³-hybridized carbons (Fsp3) is 0.214. The Bertz CT molecular complexity index is 886. The first-order valence-corrected chi connectivity index (χ1v) is 7.42. The molecule has 0 aliphatic carbocycles. The van der Waals surface area contributed by atoms with Crippen molar-refractivity contribution in [2.75, 3.05) is 6.61 Å². The van der Waals surface area contributed by atoms with E-state index in [4.69, 9.17) is 28.3 Å². The van der Waals surface area contributed by atoms with E-state index in [1.165, 1.54) is 6.07 Å². The largest absolute Gasteiger partial charge is 0.476 e. The monoisotopic (exact) mass is 434 g/mol. The Morgan fingerprint density at radius 3 is 2.19 bits per heavy atom. The van der Waals surface area contributed by atoms with Crippen LogP contribution in [0.1, 0.15) is 16.2 Å². The van der Waals surface area contributed by atoms with E-state index in [-0.39, 0.29) is 15.6 Å². The molecular formula is C14H6Cl2F6N2O3. The van der Waals surface area contributed by atoms with Gasteiger partial charge >= 0.3 is 18.3 Å². The summed E-state index contributed by atoms with van der Waals surface area (Å²) in [5.41, 5.74) is -4.34. The van der Waals surface area contributed by atoms with Gasteiger partial charge in [-0.3, -0.25) is 0 Å². The van der Waals surface area contributed by atoms with Gasteiger partial charge in [0, 0.05) is 5.56 Å². The SMILES string of the molecule is O=C(O)c1nc(-c2ccc(Cl)c(Cl)c2)c(OCC(F)(F)F)nc1C(F)(F)F. The van der Waals surface area contributed by atoms with Crippen LogP contribution in [0.5, 0.6) is 5.88 Å². The lowest BCUT2D eigenvalue weighted by molar-refractivity contribution is -0.154. The predicted molar refractivity (Wildman–Crippen MR) is 81.0 cm³/mol. The molecule has 13 heteroatoms. The van der Waals surface area contributed by atoms with Gasteiger partial charge in [0.15, 0.2) is 18.0 Å². The Kier molecular flexibility index (Phi) is 5.76. The lowest BCUT2D eigenvalue weighted by atomic mass is 10.1. The molecule has 0 saturated carbocycles. The van der Waals surface area contributed by atoms with E-state index in [2.05, 4.69) is 14.7 Å². The number of hydrogen-bond donors (Lipinski definition) is 1. The van der Waals surface area contributed by atoms with E-state index in [9.17, 15) is 31.1 Å². The van der Waals surface area contributed by atoms with Crippen LogP contribution in [0.2, 0.25) is 10.0 Å². The highest BCUT2D eigenvalue weighted by Gasteiger charge is 2.40. The number of carboxylic acids is 1. The van der Waals surface area contributed by atoms with Crippen molar-refractivity contribution in [2.45, 2.75) is 12.4 Å². The van der Waals surface area contributed by atoms with E-state index in [1.807, 2.05) is 0 Å². The molecule has 0 radical (unpaired) electrons. The van der Waals surface area contributed by atoms with Crippen LogP contribution in [0.15, 0.2) is 18.2 Å². The van der Waals surface area contributed by atoms with Crippen LogP contribution in [0.3, 0.4) is 0 Å². The summed E-state index contributed by atoms with van der Waals surface area (Å²) < 4.78 is 80.6. The Hall–Kier alpha value is -2.27. The fourth-order valence-corrected chi connectivity index (χ4v) is 2.15. The number of rotatable bonds is 4. The molecule has 2 aromatic rings. The topological polar surface area (TPSA) is 72.3 Å². The van der Waals surface area contributed by atoms with Crippen molar-refractivity contribution >= 4 is 29.2 Å². The van der Waals surface area contributed by atoms with E-state index in [0.29, 0.717) is 0 Å². The number of carboxylic acid groups (broad SMARTS) is 1. The van der Waals surface area contributed by atoms with E-state index in [1.54, 1.807) is 0 Å². The Morgan fingerprint density at radius 2 is 1.70 bits per heavy atom. The molecule has 0 spiro atoms. The second kappa shape index (κ2) is 7.39. The summed E-state index contributed by atoms with van der Waals surface area (Å²) in [5.74, 6) is -3.25. The van der Waals surface area contributed by atoms with E-state index < -0.39 is 47.9 Å². The molecule has 0 atom stereocenters. The zero-order valence-electron chi connectivity index (χ0n) is 12.6. The molecule has 0 aliphatic rings. The Balaban J connectivity index is 2.72. The number of ether oxygens (including phenoxy) is 1. The first kappa shape index (κ1) is 21.0. The fourth-order valence-electron chi connectivity index (χ4n) is 1.85. The number of aromatic carboxylic acids is 1. The van der Waals surface area contributed by atoms with Crippen LogP contribution in [0.4, 0.5) is 26.3 Å². The molecule has 1 heterocycles. The second-order valence-corrected chi connectivity index (χ2v) is 5.72. The van der Waals surface area contributed by atoms with Gasteiger partial charge in [0.1, 0.15) is 5.69 Å². The van der Waals surface area contributed by atoms with Gasteiger partial charge in [0.25, 0.3) is 0 Å². The highest BCUT2D eigenvalue weighted by Crippen LogP contribution is 2.37. The molecule has 0 saturated heterocycles. The molecule has 27 heavy (non-hydrogen) atoms. The maximum atomic E-state index is 13.0. The standard InChI is InChI=1S/C14H6Cl2F6N2O3/c15-6-2-1-5(3-7(6)16)8-11(27-4-13(17,18)19)24-10(14(20,21)22)9(23-8)12(25)26/h1-3H,4H2,(H,25,26). The number of nitrogens with zero attached hydrogens (tertiary/aromatic N) is 2. The van der Waals surface area contributed by atoms with Crippen LogP contribution in [0, 0.1) is 0 Å². The van der Waals surface area contributed by atoms with Gasteiger partial charge < -0.3 is 9.84 Å². The van der Waals surface area contributed by atoms with Gasteiger partial charge in [-0.1, -0.05) is 29.3 Å². The second-order valence-electron chi connectivity index (χ2n) is 4.91. The van der Waals surface area contributed by atoms with Gasteiger partial charge in [-0.05, 0) is 12.1 Å². The summed E-state index contributed by atoms with van der Waals surface area (Å²) in [5, 5.41) is 8.91. The number of alkyl halides is 6. The predicted octanol–water partition coefficient (Wildman–Crippen LogP) is 5.11. The summed E-state index contributed by atoms with van der Waals surface area (Å²) in [6.45, 7) is -1.97. The first-order valence-electron chi connectivity index (χ1n) is 6.67. The minimum atomic E-state index is -5.30. The van der Waals surface area contributed by atoms with Crippen LogP contribution < -0.4 is 4.74 Å². The Labute approximate surface area is 156 Å². The number of carbonyl (C=O) groups is 1. The molecule has 1 aromatic heterocycles. The van der Waals surface area contributed by atoms with Gasteiger partial charge in [-0.15, -0.1) is 0 Å². The summed E-state index contributed by atoms with van der Waals surface area (Å²) in [6, 6.07) is 3.40. The zero-order valence-corrected chi connectivity index (χ0v) is 14.1. The lowest BCUT2D eigenvalue weighted by Crippen LogP contribution is -2.23. The number of benzene rings is 1. The quantitative estimate of drug-likeness (QED) is 0.677. The highest BCUT2D eigenvalue weighted by atomic mass is 35.5. The molecule has 2 rings (SSSR count). The molecule has 1 N–H and O–H groups in total. The molecule has 1 aromatic carbocycles. The highest BCUT2D eigenvalue weighted by molar-refractivity contribution is 6.42. The van der Waals surface area contributed by atoms with Gasteiger partial charge in [-0.2, -0.15) is 26.3 Å². The summed E-state index contributed by atoms with van der Waals surface area (Å²) in [7, 11) is 0. The normalized spacial score (nSPS) is 12.1. The molecule has 5 nitrogen and oxygen atoms in total. The molecule has 146 valence electrons. The summed E-state index contributed by atoms with van der Waals surface area (Å²) in [4.78, 5) is 17.4. The minimum absolute atomic E-state index is 0.0384. The van der Waals surface area contributed by atoms with Crippen LogP contribution in [0.25, 0.3) is 11.3 Å². The van der Waals surface area contributed by atoms with Gasteiger partial charge in [0.05, 0.1) is 10.0 Å². The van der Waals surface area contributed by atoms with Crippen molar-refractivity contribution < 1.29 is 41.0 Å². The lowest BCUT2D eigenvalue weighted by Gasteiger charge is -2.16. The molecule has 0 bridgehead atoms. The number of aromatic nitrogens is 2. The van der Waals surface area contributed by atoms with Gasteiger partial charge in [0.2, 0.25) is 5.88 Å². The molecule has 0 unspecified atom stereocenters. The third-order valence-electron chi connectivity index (χ3n) is 2.90. The van der Waals surface area contributed by atoms with E-state index in [0.717, 1.165) is 12.1 Å². The van der Waals surface area contributed by atoms with Crippen LogP contribution in [-0.2, 0) is 6.18 Å². The van der Waals surface area contributed by atoms with Crippen molar-refractivity contribution in [3.8, 4) is 17.1 Å². The smallest absolute Gasteiger partial charge is 0.435 e. The van der Waals surface area contributed by atoms with Crippen molar-refractivity contribution in [3.05, 3.63) is 39.6 Å². The molecular weight excluding hydrogens is 429 g/mol. The Morgan fingerprint density at radius 1 is 1.07 bits per heavy atom. The maximum absolute atomic E-state index is 13.0. The van der Waals surface area contributed by atoms with Crippen LogP contribution >= 0.6 is 23.2 Å². The number of hydrogen-bond acceptors (Lipinski definition) is 4. The van der Waals surface area contributed by atoms with Gasteiger partial charge in [-0.25, -0.2) is 14.8 Å². The average Bonchev–Trinajstić information content (AvgIpc) is 2.53. The third kappa shape index (κ3) is 5.13. The van der Waals surface area contributed by atoms with Crippen molar-refractivity contribution in [1.82, 2.24) is 9.97 Å². The zero-order chi connectivity index (χ0) is 20.6. The molecule has 0 amide bonds. The first-order chi connectivity index (χ1) is 12.3. The minimum Gasteiger partial charge on any atom is -0.476 e. The molecule has 0 fully saturated rings. The summed E-state index contributed by atoms with van der Waals surface area (Å²) >= 11 is 11.5. The number of halogens is 8. The van der Waals surface area contributed by atoms with Crippen molar-refractivity contribution in [3.63, 3.8) is 0 Å². The maximum Gasteiger partial charge on any atom is 0.435 e. The summed E-state index contributed by atoms with van der Waals surface area (Å²) in [6.07, 6.45) is -10.2. The van der Waals surface area contributed by atoms with Crippen molar-refractivity contribution in [1.29, 1.82) is 0 Å². The molecule has 0 aliphatic heterocycles. The average molecular weight is 435 g/mol. The van der Waals surface area contributed by atoms with Crippen molar-refractivity contribution in [2.24, 2.45) is 0 Å². The van der Waals surface area contributed by atoms with Crippen LogP contribution in [-0.4, -0.2) is 33.8 Å². The van der Waals surface area contributed by atoms with E-state index >= 15 is 0 Å². The third-order valence-corrected chi connectivity index (χ3v) is 3.64.